The maximum Gasteiger partial charge on any atom is 0.281 e. The first-order valence-electron chi connectivity index (χ1n) is 6.34. The standard InChI is InChI=1S/C14H11N3O4S/c1-10-2-4-11(5-3-10)22(20,21)16-9-7-12-13(17(18)19)6-8-15-14(12)16/h2-9H,1H3. The zero-order valence-corrected chi connectivity index (χ0v) is 12.3. The molecule has 0 radical (unpaired) electrons. The van der Waals surface area contributed by atoms with Gasteiger partial charge in [-0.05, 0) is 25.1 Å². The van der Waals surface area contributed by atoms with Crippen LogP contribution >= 0.6 is 0 Å². The first-order chi connectivity index (χ1) is 10.4. The Kier molecular flexibility index (Phi) is 3.18. The first kappa shape index (κ1) is 14.2. The predicted octanol–water partition coefficient (Wildman–Crippen LogP) is 2.49. The van der Waals surface area contributed by atoms with Crippen molar-refractivity contribution in [2.45, 2.75) is 11.8 Å². The molecular weight excluding hydrogens is 306 g/mol. The molecule has 22 heavy (non-hydrogen) atoms. The topological polar surface area (TPSA) is 95.1 Å². The van der Waals surface area contributed by atoms with Gasteiger partial charge < -0.3 is 0 Å². The van der Waals surface area contributed by atoms with Crippen molar-refractivity contribution in [2.24, 2.45) is 0 Å². The molecule has 0 spiro atoms. The van der Waals surface area contributed by atoms with Crippen LogP contribution in [0.5, 0.6) is 0 Å². The first-order valence-corrected chi connectivity index (χ1v) is 7.78. The lowest BCUT2D eigenvalue weighted by molar-refractivity contribution is -0.383. The maximum atomic E-state index is 12.7. The van der Waals surface area contributed by atoms with Crippen molar-refractivity contribution in [1.29, 1.82) is 0 Å². The van der Waals surface area contributed by atoms with Crippen LogP contribution in [0.4, 0.5) is 5.69 Å². The number of hydrogen-bond acceptors (Lipinski definition) is 5. The number of nitrogens with zero attached hydrogens (tertiary/aromatic N) is 3. The van der Waals surface area contributed by atoms with Gasteiger partial charge in [-0.3, -0.25) is 10.1 Å². The highest BCUT2D eigenvalue weighted by Gasteiger charge is 2.23. The average molecular weight is 317 g/mol. The lowest BCUT2D eigenvalue weighted by atomic mass is 10.2. The molecule has 0 amide bonds. The molecule has 1 aromatic carbocycles. The molecule has 3 aromatic rings. The lowest BCUT2D eigenvalue weighted by Gasteiger charge is -2.07. The zero-order valence-electron chi connectivity index (χ0n) is 11.5. The maximum absolute atomic E-state index is 12.7. The summed E-state index contributed by atoms with van der Waals surface area (Å²) in [5.74, 6) is 0. The number of aryl methyl sites for hydroxylation is 1. The van der Waals surface area contributed by atoms with Gasteiger partial charge in [0.05, 0.1) is 15.2 Å². The van der Waals surface area contributed by atoms with Gasteiger partial charge in [0.15, 0.2) is 5.65 Å². The quantitative estimate of drug-likeness (QED) is 0.546. The fourth-order valence-electron chi connectivity index (χ4n) is 2.18. The normalized spacial score (nSPS) is 11.7. The summed E-state index contributed by atoms with van der Waals surface area (Å²) in [4.78, 5) is 14.5. The third-order valence-electron chi connectivity index (χ3n) is 3.31. The predicted molar refractivity (Wildman–Crippen MR) is 80.2 cm³/mol. The minimum Gasteiger partial charge on any atom is -0.258 e. The minimum atomic E-state index is -3.85. The molecule has 0 aliphatic rings. The second kappa shape index (κ2) is 4.92. The number of hydrogen-bond donors (Lipinski definition) is 0. The second-order valence-electron chi connectivity index (χ2n) is 4.75. The summed E-state index contributed by atoms with van der Waals surface area (Å²) in [5.41, 5.74) is 0.794. The molecule has 0 aliphatic carbocycles. The van der Waals surface area contributed by atoms with E-state index in [1.54, 1.807) is 12.1 Å². The third kappa shape index (κ3) is 2.13. The van der Waals surface area contributed by atoms with Gasteiger partial charge in [0.2, 0.25) is 0 Å². The summed E-state index contributed by atoms with van der Waals surface area (Å²) in [5, 5.41) is 11.2. The molecule has 112 valence electrons. The zero-order chi connectivity index (χ0) is 15.9. The highest BCUT2D eigenvalue weighted by Crippen LogP contribution is 2.27. The van der Waals surface area contributed by atoms with Crippen LogP contribution in [0.3, 0.4) is 0 Å². The molecule has 0 N–H and O–H groups in total. The van der Waals surface area contributed by atoms with E-state index in [2.05, 4.69) is 4.98 Å². The number of benzene rings is 1. The molecule has 7 nitrogen and oxygen atoms in total. The van der Waals surface area contributed by atoms with Crippen LogP contribution in [0.1, 0.15) is 5.56 Å². The van der Waals surface area contributed by atoms with Crippen molar-refractivity contribution < 1.29 is 13.3 Å². The van der Waals surface area contributed by atoms with Crippen LogP contribution in [0, 0.1) is 17.0 Å². The molecule has 0 saturated carbocycles. The summed E-state index contributed by atoms with van der Waals surface area (Å²) in [6.07, 6.45) is 2.50. The van der Waals surface area contributed by atoms with Gasteiger partial charge in [0.25, 0.3) is 15.7 Å². The van der Waals surface area contributed by atoms with Crippen LogP contribution in [0.25, 0.3) is 11.0 Å². The Labute approximate surface area is 126 Å². The van der Waals surface area contributed by atoms with E-state index >= 15 is 0 Å². The smallest absolute Gasteiger partial charge is 0.258 e. The van der Waals surface area contributed by atoms with Gasteiger partial charge in [0.1, 0.15) is 0 Å². The van der Waals surface area contributed by atoms with Crippen LogP contribution < -0.4 is 0 Å². The monoisotopic (exact) mass is 317 g/mol. The number of fused-ring (bicyclic) bond motifs is 1. The molecule has 2 aromatic heterocycles. The summed E-state index contributed by atoms with van der Waals surface area (Å²) < 4.78 is 26.3. The molecule has 0 aliphatic heterocycles. The summed E-state index contributed by atoms with van der Waals surface area (Å²) >= 11 is 0. The molecule has 0 fully saturated rings. The second-order valence-corrected chi connectivity index (χ2v) is 6.57. The van der Waals surface area contributed by atoms with Gasteiger partial charge in [-0.2, -0.15) is 0 Å². The summed E-state index contributed by atoms with van der Waals surface area (Å²) in [6.45, 7) is 1.85. The number of aromatic nitrogens is 2. The molecule has 0 bridgehead atoms. The van der Waals surface area contributed by atoms with E-state index in [1.165, 1.54) is 36.7 Å². The van der Waals surface area contributed by atoms with E-state index in [0.717, 1.165) is 9.54 Å². The Hall–Kier alpha value is -2.74. The largest absolute Gasteiger partial charge is 0.281 e. The van der Waals surface area contributed by atoms with Crippen LogP contribution in [-0.2, 0) is 10.0 Å². The molecule has 0 saturated heterocycles. The van der Waals surface area contributed by atoms with Crippen molar-refractivity contribution in [2.75, 3.05) is 0 Å². The SMILES string of the molecule is Cc1ccc(S(=O)(=O)n2ccc3c([N+](=O)[O-])ccnc32)cc1. The van der Waals surface area contributed by atoms with Gasteiger partial charge >= 0.3 is 0 Å². The van der Waals surface area contributed by atoms with E-state index < -0.39 is 14.9 Å². The van der Waals surface area contributed by atoms with Crippen molar-refractivity contribution in [3.63, 3.8) is 0 Å². The Balaban J connectivity index is 2.24. The van der Waals surface area contributed by atoms with E-state index in [9.17, 15) is 18.5 Å². The van der Waals surface area contributed by atoms with Crippen molar-refractivity contribution >= 4 is 26.7 Å². The van der Waals surface area contributed by atoms with Crippen LogP contribution in [0.2, 0.25) is 0 Å². The van der Waals surface area contributed by atoms with Crippen molar-refractivity contribution in [3.8, 4) is 0 Å². The Morgan fingerprint density at radius 3 is 2.45 bits per heavy atom. The van der Waals surface area contributed by atoms with Gasteiger partial charge in [0, 0.05) is 18.5 Å². The van der Waals surface area contributed by atoms with Gasteiger partial charge in [-0.25, -0.2) is 17.4 Å². The summed E-state index contributed by atoms with van der Waals surface area (Å²) in [7, 11) is -3.85. The van der Waals surface area contributed by atoms with E-state index in [1.807, 2.05) is 6.92 Å². The third-order valence-corrected chi connectivity index (χ3v) is 4.99. The lowest BCUT2D eigenvalue weighted by Crippen LogP contribution is -2.12. The van der Waals surface area contributed by atoms with Crippen LogP contribution in [0.15, 0.2) is 53.7 Å². The van der Waals surface area contributed by atoms with Crippen LogP contribution in [-0.4, -0.2) is 22.3 Å². The van der Waals surface area contributed by atoms with E-state index in [0.29, 0.717) is 0 Å². The van der Waals surface area contributed by atoms with E-state index in [4.69, 9.17) is 0 Å². The Bertz CT molecular complexity index is 975. The van der Waals surface area contributed by atoms with Crippen molar-refractivity contribution in [3.05, 3.63) is 64.5 Å². The molecule has 3 rings (SSSR count). The fraction of sp³-hybridized carbons (Fsp3) is 0.0714. The van der Waals surface area contributed by atoms with Crippen molar-refractivity contribution in [1.82, 2.24) is 8.96 Å². The highest BCUT2D eigenvalue weighted by atomic mass is 32.2. The fourth-order valence-corrected chi connectivity index (χ4v) is 3.48. The molecule has 0 atom stereocenters. The Morgan fingerprint density at radius 2 is 1.82 bits per heavy atom. The number of rotatable bonds is 3. The van der Waals surface area contributed by atoms with Gasteiger partial charge in [-0.15, -0.1) is 0 Å². The number of nitro groups is 1. The highest BCUT2D eigenvalue weighted by molar-refractivity contribution is 7.90. The van der Waals surface area contributed by atoms with Gasteiger partial charge in [-0.1, -0.05) is 17.7 Å². The molecular formula is C14H11N3O4S. The minimum absolute atomic E-state index is 0.0368. The molecule has 2 heterocycles. The summed E-state index contributed by atoms with van der Waals surface area (Å²) in [6, 6.07) is 8.99. The van der Waals surface area contributed by atoms with E-state index in [-0.39, 0.29) is 21.6 Å². The molecule has 0 unspecified atom stereocenters. The molecule has 8 heteroatoms. The number of pyridine rings is 1. The Morgan fingerprint density at radius 1 is 1.14 bits per heavy atom. The average Bonchev–Trinajstić information content (AvgIpc) is 2.92.